The predicted octanol–water partition coefficient (Wildman–Crippen LogP) is 1.62. The topological polar surface area (TPSA) is 82.0 Å². The maximum Gasteiger partial charge on any atom is 0.123 e. The zero-order valence-electron chi connectivity index (χ0n) is 9.38. The van der Waals surface area contributed by atoms with E-state index >= 15 is 0 Å². The molecule has 0 saturated carbocycles. The number of nitrogen functional groups attached to an aromatic ring is 1. The highest BCUT2D eigenvalue weighted by molar-refractivity contribution is 7.82. The fraction of sp³-hybridized carbons (Fsp3) is 0.0833. The van der Waals surface area contributed by atoms with Crippen LogP contribution in [-0.4, -0.2) is 9.19 Å². The molecule has 1 aromatic heterocycles. The first-order valence-corrected chi connectivity index (χ1v) is 6.29. The molecule has 1 atom stereocenters. The van der Waals surface area contributed by atoms with Crippen molar-refractivity contribution in [1.29, 1.82) is 0 Å². The van der Waals surface area contributed by atoms with E-state index in [0.29, 0.717) is 10.7 Å². The molecule has 0 saturated heterocycles. The van der Waals surface area contributed by atoms with Gasteiger partial charge in [0.2, 0.25) is 0 Å². The van der Waals surface area contributed by atoms with Crippen molar-refractivity contribution < 1.29 is 4.21 Å². The second-order valence-electron chi connectivity index (χ2n) is 3.69. The Bertz CT molecular complexity index is 584. The standard InChI is InChI=1S/C12H13N3OS/c1-8-11(5-6-12(13)15-8)9-3-2-4-10(7-9)17(14)16/h2-7H,14H2,1H3,(H2,13,15). The van der Waals surface area contributed by atoms with Crippen LogP contribution in [0.1, 0.15) is 5.69 Å². The fourth-order valence-electron chi connectivity index (χ4n) is 1.67. The van der Waals surface area contributed by atoms with Gasteiger partial charge in [-0.05, 0) is 36.8 Å². The maximum atomic E-state index is 11.2. The molecule has 5 heteroatoms. The Balaban J connectivity index is 2.53. The van der Waals surface area contributed by atoms with Gasteiger partial charge in [-0.15, -0.1) is 0 Å². The predicted molar refractivity (Wildman–Crippen MR) is 69.4 cm³/mol. The minimum Gasteiger partial charge on any atom is -0.384 e. The third kappa shape index (κ3) is 2.51. The second kappa shape index (κ2) is 4.65. The first kappa shape index (κ1) is 11.8. The van der Waals surface area contributed by atoms with Crippen molar-refractivity contribution in [1.82, 2.24) is 4.98 Å². The summed E-state index contributed by atoms with van der Waals surface area (Å²) in [5.41, 5.74) is 8.34. The molecule has 0 spiro atoms. The number of anilines is 1. The number of benzene rings is 1. The molecule has 88 valence electrons. The normalized spacial score (nSPS) is 12.4. The summed E-state index contributed by atoms with van der Waals surface area (Å²) < 4.78 is 11.2. The van der Waals surface area contributed by atoms with Gasteiger partial charge in [0.1, 0.15) is 16.8 Å². The Hall–Kier alpha value is -1.72. The van der Waals surface area contributed by atoms with Crippen molar-refractivity contribution in [3.05, 3.63) is 42.1 Å². The summed E-state index contributed by atoms with van der Waals surface area (Å²) in [7, 11) is -1.47. The lowest BCUT2D eigenvalue weighted by Crippen LogP contribution is -2.02. The molecule has 0 fully saturated rings. The third-order valence-corrected chi connectivity index (χ3v) is 3.20. The summed E-state index contributed by atoms with van der Waals surface area (Å²) in [5.74, 6) is 0.491. The van der Waals surface area contributed by atoms with E-state index in [4.69, 9.17) is 10.9 Å². The SMILES string of the molecule is Cc1nc(N)ccc1-c1cccc(S(N)=O)c1. The average molecular weight is 247 g/mol. The van der Waals surface area contributed by atoms with Gasteiger partial charge in [-0.1, -0.05) is 12.1 Å². The van der Waals surface area contributed by atoms with Gasteiger partial charge in [0.05, 0.1) is 4.90 Å². The minimum atomic E-state index is -1.47. The van der Waals surface area contributed by atoms with E-state index < -0.39 is 11.0 Å². The maximum absolute atomic E-state index is 11.2. The Kier molecular flexibility index (Phi) is 3.21. The van der Waals surface area contributed by atoms with Gasteiger partial charge < -0.3 is 5.73 Å². The second-order valence-corrected chi connectivity index (χ2v) is 4.76. The molecular weight excluding hydrogens is 234 g/mol. The number of hydrogen-bond acceptors (Lipinski definition) is 3. The molecular formula is C12H13N3OS. The molecule has 0 aliphatic rings. The van der Waals surface area contributed by atoms with Crippen LogP contribution >= 0.6 is 0 Å². The molecule has 0 amide bonds. The highest BCUT2D eigenvalue weighted by Crippen LogP contribution is 2.24. The van der Waals surface area contributed by atoms with Crippen LogP contribution in [0.15, 0.2) is 41.3 Å². The van der Waals surface area contributed by atoms with Crippen LogP contribution in [0.4, 0.5) is 5.82 Å². The average Bonchev–Trinajstić information content (AvgIpc) is 2.29. The summed E-state index contributed by atoms with van der Waals surface area (Å²) in [4.78, 5) is 4.79. The van der Waals surface area contributed by atoms with Gasteiger partial charge in [-0.3, -0.25) is 0 Å². The van der Waals surface area contributed by atoms with E-state index in [9.17, 15) is 4.21 Å². The molecule has 17 heavy (non-hydrogen) atoms. The molecule has 0 aliphatic carbocycles. The van der Waals surface area contributed by atoms with E-state index in [1.165, 1.54) is 0 Å². The molecule has 0 aliphatic heterocycles. The highest BCUT2D eigenvalue weighted by Gasteiger charge is 2.05. The smallest absolute Gasteiger partial charge is 0.123 e. The van der Waals surface area contributed by atoms with Crippen molar-refractivity contribution in [2.24, 2.45) is 5.14 Å². The zero-order chi connectivity index (χ0) is 12.4. The molecule has 4 nitrogen and oxygen atoms in total. The van der Waals surface area contributed by atoms with Crippen molar-refractivity contribution in [3.8, 4) is 11.1 Å². The molecule has 2 rings (SSSR count). The Morgan fingerprint density at radius 1 is 1.24 bits per heavy atom. The Labute approximate surface area is 102 Å². The number of aromatic nitrogens is 1. The van der Waals surface area contributed by atoms with Crippen LogP contribution in [0, 0.1) is 6.92 Å². The lowest BCUT2D eigenvalue weighted by Gasteiger charge is -2.07. The number of aryl methyl sites for hydroxylation is 1. The zero-order valence-corrected chi connectivity index (χ0v) is 10.2. The number of nitrogens with zero attached hydrogens (tertiary/aromatic N) is 1. The number of pyridine rings is 1. The van der Waals surface area contributed by atoms with E-state index in [-0.39, 0.29) is 0 Å². The van der Waals surface area contributed by atoms with Gasteiger partial charge in [-0.25, -0.2) is 14.3 Å². The lowest BCUT2D eigenvalue weighted by atomic mass is 10.0. The van der Waals surface area contributed by atoms with Crippen molar-refractivity contribution >= 4 is 16.8 Å². The Morgan fingerprint density at radius 3 is 2.65 bits per heavy atom. The quantitative estimate of drug-likeness (QED) is 0.846. The van der Waals surface area contributed by atoms with Crippen LogP contribution in [-0.2, 0) is 11.0 Å². The van der Waals surface area contributed by atoms with Gasteiger partial charge in [0, 0.05) is 11.3 Å². The van der Waals surface area contributed by atoms with Crippen molar-refractivity contribution in [2.75, 3.05) is 5.73 Å². The van der Waals surface area contributed by atoms with Gasteiger partial charge >= 0.3 is 0 Å². The van der Waals surface area contributed by atoms with Crippen molar-refractivity contribution in [3.63, 3.8) is 0 Å². The van der Waals surface area contributed by atoms with Crippen LogP contribution < -0.4 is 10.9 Å². The van der Waals surface area contributed by atoms with Crippen LogP contribution in [0.3, 0.4) is 0 Å². The molecule has 2 aromatic rings. The largest absolute Gasteiger partial charge is 0.384 e. The molecule has 4 N–H and O–H groups in total. The van der Waals surface area contributed by atoms with E-state index in [1.54, 1.807) is 18.2 Å². The number of nitrogens with two attached hydrogens (primary N) is 2. The summed E-state index contributed by atoms with van der Waals surface area (Å²) in [6.45, 7) is 1.89. The summed E-state index contributed by atoms with van der Waals surface area (Å²) in [6, 6.07) is 10.9. The first-order valence-electron chi connectivity index (χ1n) is 5.07. The molecule has 1 aromatic carbocycles. The van der Waals surface area contributed by atoms with Gasteiger partial charge in [0.25, 0.3) is 0 Å². The lowest BCUT2D eigenvalue weighted by molar-refractivity contribution is 0.684. The monoisotopic (exact) mass is 247 g/mol. The first-order chi connectivity index (χ1) is 8.08. The third-order valence-electron chi connectivity index (χ3n) is 2.48. The summed E-state index contributed by atoms with van der Waals surface area (Å²) in [6.07, 6.45) is 0. The number of hydrogen-bond donors (Lipinski definition) is 2. The fourth-order valence-corrected chi connectivity index (χ4v) is 2.13. The van der Waals surface area contributed by atoms with E-state index in [1.807, 2.05) is 25.1 Å². The van der Waals surface area contributed by atoms with E-state index in [0.717, 1.165) is 16.8 Å². The van der Waals surface area contributed by atoms with Crippen LogP contribution in [0.2, 0.25) is 0 Å². The summed E-state index contributed by atoms with van der Waals surface area (Å²) >= 11 is 0. The molecule has 0 radical (unpaired) electrons. The minimum absolute atomic E-state index is 0.491. The summed E-state index contributed by atoms with van der Waals surface area (Å²) in [5, 5.41) is 5.36. The van der Waals surface area contributed by atoms with E-state index in [2.05, 4.69) is 4.98 Å². The Morgan fingerprint density at radius 2 is 2.00 bits per heavy atom. The molecule has 1 heterocycles. The molecule has 1 unspecified atom stereocenters. The van der Waals surface area contributed by atoms with Crippen molar-refractivity contribution in [2.45, 2.75) is 11.8 Å². The molecule has 0 bridgehead atoms. The number of rotatable bonds is 2. The van der Waals surface area contributed by atoms with Gasteiger partial charge in [0.15, 0.2) is 0 Å². The van der Waals surface area contributed by atoms with Gasteiger partial charge in [-0.2, -0.15) is 0 Å². The van der Waals surface area contributed by atoms with Crippen LogP contribution in [0.5, 0.6) is 0 Å². The van der Waals surface area contributed by atoms with Crippen LogP contribution in [0.25, 0.3) is 11.1 Å². The highest BCUT2D eigenvalue weighted by atomic mass is 32.2.